The van der Waals surface area contributed by atoms with E-state index in [4.69, 9.17) is 0 Å². The summed E-state index contributed by atoms with van der Waals surface area (Å²) in [4.78, 5) is 0. The minimum absolute atomic E-state index is 0.848. The summed E-state index contributed by atoms with van der Waals surface area (Å²) in [6.07, 6.45) is 0. The first-order valence-electron chi connectivity index (χ1n) is 3.40. The lowest BCUT2D eigenvalue weighted by Crippen LogP contribution is -2.24. The number of benzene rings is 1. The molecule has 2 heterocycles. The van der Waals surface area contributed by atoms with Crippen molar-refractivity contribution in [3.05, 3.63) is 24.3 Å². The molecule has 0 saturated heterocycles. The number of hydrogen-bond acceptors (Lipinski definition) is 2. The Morgan fingerprint density at radius 1 is 1.27 bits per heavy atom. The van der Waals surface area contributed by atoms with Gasteiger partial charge < -0.3 is 0 Å². The molecular weight excluding hydrogens is 140 g/mol. The first kappa shape index (κ1) is 5.01. The summed E-state index contributed by atoms with van der Waals surface area (Å²) in [5.41, 5.74) is 1.93. The van der Waals surface area contributed by atoms with Crippen molar-refractivity contribution in [2.75, 3.05) is 0 Å². The van der Waals surface area contributed by atoms with Crippen molar-refractivity contribution >= 4 is 16.6 Å². The van der Waals surface area contributed by atoms with E-state index in [2.05, 4.69) is 15.4 Å². The predicted octanol–water partition coefficient (Wildman–Crippen LogP) is 0.134. The van der Waals surface area contributed by atoms with Crippen LogP contribution in [0.4, 0.5) is 0 Å². The molecule has 0 aliphatic carbocycles. The number of hydrogen-bond donors (Lipinski definition) is 1. The molecule has 3 aromatic rings. The molecule has 4 heteroatoms. The minimum Gasteiger partial charge on any atom is -0.159 e. The van der Waals surface area contributed by atoms with Crippen LogP contribution in [0.5, 0.6) is 0 Å². The highest BCUT2D eigenvalue weighted by Gasteiger charge is 2.15. The molecule has 0 saturated carbocycles. The van der Waals surface area contributed by atoms with Gasteiger partial charge in [-0.25, -0.2) is 0 Å². The van der Waals surface area contributed by atoms with Crippen LogP contribution in [0.25, 0.3) is 16.6 Å². The molecular formula is C7H5N4+. The van der Waals surface area contributed by atoms with E-state index >= 15 is 0 Å². The highest BCUT2D eigenvalue weighted by Crippen LogP contribution is 2.11. The van der Waals surface area contributed by atoms with E-state index in [1.807, 2.05) is 24.3 Å². The monoisotopic (exact) mass is 145 g/mol. The highest BCUT2D eigenvalue weighted by atomic mass is 15.5. The Kier molecular flexibility index (Phi) is 0.671. The summed E-state index contributed by atoms with van der Waals surface area (Å²) in [6.45, 7) is 0. The lowest BCUT2D eigenvalue weighted by atomic mass is 10.2. The molecule has 0 fully saturated rings. The molecule has 0 unspecified atom stereocenters. The zero-order valence-corrected chi connectivity index (χ0v) is 5.65. The Labute approximate surface area is 61.8 Å². The zero-order chi connectivity index (χ0) is 7.26. The Morgan fingerprint density at radius 2 is 2.18 bits per heavy atom. The van der Waals surface area contributed by atoms with Crippen molar-refractivity contribution in [3.63, 3.8) is 0 Å². The van der Waals surface area contributed by atoms with Gasteiger partial charge in [0.15, 0.2) is 10.7 Å². The Bertz CT molecular complexity index is 454. The summed E-state index contributed by atoms with van der Waals surface area (Å²) < 4.78 is 1.67. The number of nitrogens with one attached hydrogen (secondary N) is 1. The average Bonchev–Trinajstić information content (AvgIpc) is 2.64. The Morgan fingerprint density at radius 3 is 3.09 bits per heavy atom. The van der Waals surface area contributed by atoms with Gasteiger partial charge in [0.25, 0.3) is 0 Å². The van der Waals surface area contributed by atoms with Crippen LogP contribution in [0.1, 0.15) is 0 Å². The van der Waals surface area contributed by atoms with Crippen LogP contribution < -0.4 is 4.63 Å². The van der Waals surface area contributed by atoms with Crippen LogP contribution in [-0.4, -0.2) is 15.4 Å². The van der Waals surface area contributed by atoms with E-state index < -0.39 is 0 Å². The third kappa shape index (κ3) is 0.475. The molecule has 1 N–H and O–H groups in total. The molecule has 4 nitrogen and oxygen atoms in total. The van der Waals surface area contributed by atoms with E-state index in [0.717, 1.165) is 16.6 Å². The van der Waals surface area contributed by atoms with Gasteiger partial charge in [0.05, 0.1) is 5.10 Å². The first-order valence-corrected chi connectivity index (χ1v) is 3.40. The standard InChI is InChI=1S/C7H4N4/c1-2-4-6-5(3-1)7-8-10-11(6)9-7/h1-4H/p+1. The van der Waals surface area contributed by atoms with Gasteiger partial charge in [0.2, 0.25) is 0 Å². The maximum Gasteiger partial charge on any atom is 0.317 e. The fourth-order valence-corrected chi connectivity index (χ4v) is 1.32. The zero-order valence-electron chi connectivity index (χ0n) is 5.65. The second kappa shape index (κ2) is 1.47. The van der Waals surface area contributed by atoms with E-state index in [9.17, 15) is 0 Å². The SMILES string of the molecule is c1ccc2c(c1)c1nn[n+]2[nH]1. The average molecular weight is 145 g/mol. The lowest BCUT2D eigenvalue weighted by Gasteiger charge is -1.80. The largest absolute Gasteiger partial charge is 0.317 e. The summed E-state index contributed by atoms with van der Waals surface area (Å²) in [5, 5.41) is 11.9. The second-order valence-electron chi connectivity index (χ2n) is 2.48. The number of aromatic nitrogens is 4. The molecule has 0 aliphatic rings. The maximum absolute atomic E-state index is 3.90. The Balaban J connectivity index is 2.76. The number of nitrogens with zero attached hydrogens (tertiary/aromatic N) is 3. The normalized spacial score (nSPS) is 11.6. The van der Waals surface area contributed by atoms with Crippen molar-refractivity contribution < 1.29 is 4.63 Å². The number of rotatable bonds is 0. The fourth-order valence-electron chi connectivity index (χ4n) is 1.32. The van der Waals surface area contributed by atoms with Crippen LogP contribution in [0.15, 0.2) is 24.3 Å². The molecule has 0 atom stereocenters. The number of fused-ring (bicyclic) bond motifs is 5. The van der Waals surface area contributed by atoms with Crippen molar-refractivity contribution in [1.29, 1.82) is 0 Å². The van der Waals surface area contributed by atoms with Crippen LogP contribution in [-0.2, 0) is 0 Å². The second-order valence-corrected chi connectivity index (χ2v) is 2.48. The van der Waals surface area contributed by atoms with Gasteiger partial charge in [-0.1, -0.05) is 12.1 Å². The summed E-state index contributed by atoms with van der Waals surface area (Å²) in [7, 11) is 0. The topological polar surface area (TPSA) is 45.7 Å². The van der Waals surface area contributed by atoms with Crippen LogP contribution in [0.3, 0.4) is 0 Å². The molecule has 0 spiro atoms. The molecule has 11 heavy (non-hydrogen) atoms. The predicted molar refractivity (Wildman–Crippen MR) is 38.2 cm³/mol. The van der Waals surface area contributed by atoms with Crippen molar-refractivity contribution in [2.24, 2.45) is 0 Å². The summed E-state index contributed by atoms with van der Waals surface area (Å²) in [6, 6.07) is 8.01. The van der Waals surface area contributed by atoms with E-state index in [1.54, 1.807) is 4.63 Å². The smallest absolute Gasteiger partial charge is 0.159 e. The van der Waals surface area contributed by atoms with Gasteiger partial charge >= 0.3 is 5.65 Å². The van der Waals surface area contributed by atoms with Gasteiger partial charge in [0, 0.05) is 0 Å². The van der Waals surface area contributed by atoms with Gasteiger partial charge in [-0.15, -0.1) is 0 Å². The van der Waals surface area contributed by atoms with Gasteiger partial charge in [0.1, 0.15) is 5.39 Å². The third-order valence-corrected chi connectivity index (χ3v) is 1.83. The molecule has 0 radical (unpaired) electrons. The molecule has 0 aliphatic heterocycles. The van der Waals surface area contributed by atoms with E-state index in [1.165, 1.54) is 0 Å². The molecule has 2 bridgehead atoms. The fraction of sp³-hybridized carbons (Fsp3) is 0. The van der Waals surface area contributed by atoms with Gasteiger partial charge in [-0.2, -0.15) is 5.10 Å². The summed E-state index contributed by atoms with van der Waals surface area (Å²) >= 11 is 0. The molecule has 0 amide bonds. The van der Waals surface area contributed by atoms with Gasteiger partial charge in [-0.3, -0.25) is 0 Å². The minimum atomic E-state index is 0.848. The number of H-pyrrole nitrogens is 1. The number of tetrazole rings is 1. The van der Waals surface area contributed by atoms with Crippen molar-refractivity contribution in [3.8, 4) is 0 Å². The van der Waals surface area contributed by atoms with Crippen molar-refractivity contribution in [1.82, 2.24) is 15.4 Å². The molecule has 2 aromatic heterocycles. The molecule has 52 valence electrons. The Hall–Kier alpha value is -1.71. The quantitative estimate of drug-likeness (QED) is 0.457. The molecule has 1 aromatic carbocycles. The number of aromatic amines is 1. The van der Waals surface area contributed by atoms with Crippen LogP contribution in [0.2, 0.25) is 0 Å². The third-order valence-electron chi connectivity index (χ3n) is 1.83. The van der Waals surface area contributed by atoms with E-state index in [0.29, 0.717) is 0 Å². The first-order chi connectivity index (χ1) is 5.45. The maximum atomic E-state index is 3.90. The van der Waals surface area contributed by atoms with Crippen LogP contribution >= 0.6 is 0 Å². The summed E-state index contributed by atoms with van der Waals surface area (Å²) in [5.74, 6) is 0. The van der Waals surface area contributed by atoms with E-state index in [-0.39, 0.29) is 0 Å². The molecule has 3 rings (SSSR count). The van der Waals surface area contributed by atoms with Crippen LogP contribution in [0, 0.1) is 0 Å². The highest BCUT2D eigenvalue weighted by molar-refractivity contribution is 5.88. The number of para-hydroxylation sites is 1. The lowest BCUT2D eigenvalue weighted by molar-refractivity contribution is -0.637. The van der Waals surface area contributed by atoms with Gasteiger partial charge in [-0.05, 0) is 16.8 Å². The van der Waals surface area contributed by atoms with Crippen molar-refractivity contribution in [2.45, 2.75) is 0 Å².